The molecule has 0 unspecified atom stereocenters. The largest absolute Gasteiger partial charge is 0.495 e. The Hall–Kier alpha value is -2.21. The minimum atomic E-state index is -4.10. The minimum Gasteiger partial charge on any atom is -0.495 e. The van der Waals surface area contributed by atoms with Gasteiger partial charge in [0.05, 0.1) is 35.8 Å². The molecule has 1 saturated heterocycles. The minimum absolute atomic E-state index is 0.0381. The van der Waals surface area contributed by atoms with Crippen LogP contribution in [0.15, 0.2) is 46.2 Å². The molecule has 8 nitrogen and oxygen atoms in total. The van der Waals surface area contributed by atoms with E-state index in [1.54, 1.807) is 0 Å². The molecule has 0 aromatic heterocycles. The number of benzene rings is 2. The van der Waals surface area contributed by atoms with E-state index >= 15 is 0 Å². The first kappa shape index (κ1) is 21.5. The van der Waals surface area contributed by atoms with Crippen LogP contribution in [-0.2, 0) is 24.8 Å². The zero-order valence-corrected chi connectivity index (χ0v) is 17.5. The number of aryl methyl sites for hydroxylation is 1. The number of hydrogen-bond donors (Lipinski definition) is 1. The number of hydrogen-bond acceptors (Lipinski definition) is 6. The van der Waals surface area contributed by atoms with Gasteiger partial charge in [0.1, 0.15) is 11.6 Å². The SMILES string of the molecule is COc1ccc(S(=O)(=O)N2CCOCC2)cc1NS(=O)(=O)c1ccc(F)c(C)c1. The van der Waals surface area contributed by atoms with Crippen LogP contribution in [0.1, 0.15) is 5.56 Å². The highest BCUT2D eigenvalue weighted by atomic mass is 32.2. The molecule has 0 aliphatic carbocycles. The van der Waals surface area contributed by atoms with Crippen molar-refractivity contribution < 1.29 is 30.7 Å². The summed E-state index contributed by atoms with van der Waals surface area (Å²) >= 11 is 0. The summed E-state index contributed by atoms with van der Waals surface area (Å²) in [4.78, 5) is -0.229. The van der Waals surface area contributed by atoms with Crippen molar-refractivity contribution in [1.82, 2.24) is 4.31 Å². The van der Waals surface area contributed by atoms with E-state index in [4.69, 9.17) is 9.47 Å². The van der Waals surface area contributed by atoms with Gasteiger partial charge in [0.15, 0.2) is 0 Å². The molecule has 11 heteroatoms. The predicted molar refractivity (Wildman–Crippen MR) is 105 cm³/mol. The molecule has 0 radical (unpaired) electrons. The number of rotatable bonds is 6. The van der Waals surface area contributed by atoms with Crippen LogP contribution < -0.4 is 9.46 Å². The van der Waals surface area contributed by atoms with E-state index in [2.05, 4.69) is 4.72 Å². The number of halogens is 1. The fourth-order valence-electron chi connectivity index (χ4n) is 2.85. The fraction of sp³-hybridized carbons (Fsp3) is 0.333. The van der Waals surface area contributed by atoms with E-state index in [0.717, 1.165) is 12.1 Å². The predicted octanol–water partition coefficient (Wildman–Crippen LogP) is 1.96. The van der Waals surface area contributed by atoms with E-state index in [1.165, 1.54) is 42.6 Å². The van der Waals surface area contributed by atoms with E-state index in [9.17, 15) is 21.2 Å². The quantitative estimate of drug-likeness (QED) is 0.731. The van der Waals surface area contributed by atoms with Crippen molar-refractivity contribution in [1.29, 1.82) is 0 Å². The fourth-order valence-corrected chi connectivity index (χ4v) is 5.43. The van der Waals surface area contributed by atoms with Crippen molar-refractivity contribution in [2.75, 3.05) is 38.1 Å². The maximum absolute atomic E-state index is 13.5. The van der Waals surface area contributed by atoms with E-state index in [0.29, 0.717) is 13.2 Å². The van der Waals surface area contributed by atoms with Gasteiger partial charge in [-0.25, -0.2) is 21.2 Å². The molecule has 2 aromatic carbocycles. The summed E-state index contributed by atoms with van der Waals surface area (Å²) in [5, 5.41) is 0. The van der Waals surface area contributed by atoms with E-state index in [-0.39, 0.29) is 39.9 Å². The number of nitrogens with zero attached hydrogens (tertiary/aromatic N) is 1. The zero-order chi connectivity index (χ0) is 21.2. The molecule has 0 amide bonds. The average Bonchev–Trinajstić information content (AvgIpc) is 2.70. The Kier molecular flexibility index (Phi) is 6.13. The van der Waals surface area contributed by atoms with Crippen molar-refractivity contribution in [3.8, 4) is 5.75 Å². The Morgan fingerprint density at radius 2 is 1.69 bits per heavy atom. The topological polar surface area (TPSA) is 102 Å². The summed E-state index contributed by atoms with van der Waals surface area (Å²) in [6.45, 7) is 2.45. The van der Waals surface area contributed by atoms with Gasteiger partial charge in [0.2, 0.25) is 10.0 Å². The van der Waals surface area contributed by atoms with Crippen molar-refractivity contribution in [2.45, 2.75) is 16.7 Å². The highest BCUT2D eigenvalue weighted by Crippen LogP contribution is 2.31. The van der Waals surface area contributed by atoms with Gasteiger partial charge in [-0.15, -0.1) is 0 Å². The van der Waals surface area contributed by atoms with Gasteiger partial charge in [-0.3, -0.25) is 4.72 Å². The molecule has 1 aliphatic heterocycles. The number of morpholine rings is 1. The van der Waals surface area contributed by atoms with Crippen LogP contribution in [0.2, 0.25) is 0 Å². The van der Waals surface area contributed by atoms with Gasteiger partial charge in [0, 0.05) is 13.1 Å². The summed E-state index contributed by atoms with van der Waals surface area (Å²) in [5.74, 6) is -0.381. The third-order valence-electron chi connectivity index (χ3n) is 4.46. The summed E-state index contributed by atoms with van der Waals surface area (Å²) in [6.07, 6.45) is 0. The highest BCUT2D eigenvalue weighted by Gasteiger charge is 2.28. The molecule has 0 saturated carbocycles. The van der Waals surface area contributed by atoms with Gasteiger partial charge >= 0.3 is 0 Å². The smallest absolute Gasteiger partial charge is 0.262 e. The molecule has 1 fully saturated rings. The first-order valence-corrected chi connectivity index (χ1v) is 11.6. The van der Waals surface area contributed by atoms with Gasteiger partial charge in [-0.05, 0) is 48.9 Å². The lowest BCUT2D eigenvalue weighted by molar-refractivity contribution is 0.0730. The summed E-state index contributed by atoms with van der Waals surface area (Å²) in [5.41, 5.74) is 0.132. The maximum Gasteiger partial charge on any atom is 0.262 e. The highest BCUT2D eigenvalue weighted by molar-refractivity contribution is 7.92. The molecular weight excluding hydrogens is 423 g/mol. The van der Waals surface area contributed by atoms with Crippen molar-refractivity contribution in [2.24, 2.45) is 0 Å². The molecule has 3 rings (SSSR count). The Morgan fingerprint density at radius 3 is 2.31 bits per heavy atom. The third kappa shape index (κ3) is 4.53. The van der Waals surface area contributed by atoms with E-state index < -0.39 is 25.9 Å². The first-order chi connectivity index (χ1) is 13.6. The maximum atomic E-state index is 13.5. The first-order valence-electron chi connectivity index (χ1n) is 8.70. The number of ether oxygens (including phenoxy) is 2. The average molecular weight is 445 g/mol. The Labute approximate surface area is 169 Å². The van der Waals surface area contributed by atoms with Crippen molar-refractivity contribution in [3.63, 3.8) is 0 Å². The lowest BCUT2D eigenvalue weighted by Crippen LogP contribution is -2.40. The van der Waals surface area contributed by atoms with Crippen LogP contribution in [0.25, 0.3) is 0 Å². The van der Waals surface area contributed by atoms with Crippen LogP contribution in [0, 0.1) is 12.7 Å². The van der Waals surface area contributed by atoms with Crippen molar-refractivity contribution >= 4 is 25.7 Å². The van der Waals surface area contributed by atoms with Gasteiger partial charge in [0.25, 0.3) is 10.0 Å². The molecule has 0 bridgehead atoms. The third-order valence-corrected chi connectivity index (χ3v) is 7.72. The lowest BCUT2D eigenvalue weighted by atomic mass is 10.2. The normalized spacial score (nSPS) is 15.8. The van der Waals surface area contributed by atoms with Crippen LogP contribution in [0.4, 0.5) is 10.1 Å². The molecule has 1 heterocycles. The Bertz CT molecular complexity index is 1110. The summed E-state index contributed by atoms with van der Waals surface area (Å²) in [7, 11) is -6.59. The molecule has 1 aliphatic rings. The standard InChI is InChI=1S/C18H21FN2O6S2/c1-13-11-14(3-5-16(13)19)28(22,23)20-17-12-15(4-6-18(17)26-2)29(24,25)21-7-9-27-10-8-21/h3-6,11-12,20H,7-10H2,1-2H3. The van der Waals surface area contributed by atoms with E-state index in [1.807, 2.05) is 0 Å². The second-order valence-electron chi connectivity index (χ2n) is 6.40. The second kappa shape index (κ2) is 8.27. The molecule has 0 atom stereocenters. The molecule has 1 N–H and O–H groups in total. The molecule has 158 valence electrons. The van der Waals surface area contributed by atoms with Gasteiger partial charge in [-0.2, -0.15) is 4.31 Å². The van der Waals surface area contributed by atoms with Crippen LogP contribution in [0.5, 0.6) is 5.75 Å². The molecule has 0 spiro atoms. The number of anilines is 1. The zero-order valence-electron chi connectivity index (χ0n) is 15.9. The van der Waals surface area contributed by atoms with Crippen LogP contribution in [-0.4, -0.2) is 54.6 Å². The van der Waals surface area contributed by atoms with Crippen LogP contribution in [0.3, 0.4) is 0 Å². The number of methoxy groups -OCH3 is 1. The molecular formula is C18H21FN2O6S2. The monoisotopic (exact) mass is 444 g/mol. The summed E-state index contributed by atoms with van der Waals surface area (Å²) in [6, 6.07) is 7.31. The van der Waals surface area contributed by atoms with Crippen molar-refractivity contribution in [3.05, 3.63) is 47.8 Å². The number of sulfonamides is 2. The summed E-state index contributed by atoms with van der Waals surface area (Å²) < 4.78 is 78.6. The molecule has 29 heavy (non-hydrogen) atoms. The Balaban J connectivity index is 1.98. The second-order valence-corrected chi connectivity index (χ2v) is 10.0. The van der Waals surface area contributed by atoms with Gasteiger partial charge < -0.3 is 9.47 Å². The lowest BCUT2D eigenvalue weighted by Gasteiger charge is -2.26. The van der Waals surface area contributed by atoms with Crippen LogP contribution >= 0.6 is 0 Å². The Morgan fingerprint density at radius 1 is 1.03 bits per heavy atom. The molecule has 2 aromatic rings. The van der Waals surface area contributed by atoms with Gasteiger partial charge in [-0.1, -0.05) is 0 Å². The number of nitrogens with one attached hydrogen (secondary N) is 1.